The SMILES string of the molecule is Cc1ccc2n1CCN(C(=O)C(Cl)c1ccccc1)C2C. The fourth-order valence-corrected chi connectivity index (χ4v) is 3.30. The molecule has 0 saturated heterocycles. The van der Waals surface area contributed by atoms with Gasteiger partial charge < -0.3 is 9.47 Å². The van der Waals surface area contributed by atoms with E-state index in [1.165, 1.54) is 11.4 Å². The van der Waals surface area contributed by atoms with Crippen molar-refractivity contribution in [3.8, 4) is 0 Å². The summed E-state index contributed by atoms with van der Waals surface area (Å²) in [7, 11) is 0. The van der Waals surface area contributed by atoms with Crippen LogP contribution in [0.2, 0.25) is 0 Å². The highest BCUT2D eigenvalue weighted by atomic mass is 35.5. The Kier molecular flexibility index (Phi) is 3.77. The summed E-state index contributed by atoms with van der Waals surface area (Å²) in [6.07, 6.45) is 0. The number of hydrogen-bond donors (Lipinski definition) is 0. The zero-order valence-electron chi connectivity index (χ0n) is 12.3. The molecule has 2 heterocycles. The number of alkyl halides is 1. The third-order valence-electron chi connectivity index (χ3n) is 4.28. The van der Waals surface area contributed by atoms with Crippen LogP contribution in [0.15, 0.2) is 42.5 Å². The van der Waals surface area contributed by atoms with E-state index >= 15 is 0 Å². The number of aryl methyl sites for hydroxylation is 1. The lowest BCUT2D eigenvalue weighted by atomic mass is 10.1. The minimum Gasteiger partial charge on any atom is -0.345 e. The molecule has 1 aliphatic rings. The number of rotatable bonds is 2. The van der Waals surface area contributed by atoms with Crippen molar-refractivity contribution in [3.63, 3.8) is 0 Å². The maximum absolute atomic E-state index is 12.7. The van der Waals surface area contributed by atoms with Crippen LogP contribution in [0.3, 0.4) is 0 Å². The molecule has 1 amide bonds. The first kappa shape index (κ1) is 14.2. The van der Waals surface area contributed by atoms with Crippen molar-refractivity contribution >= 4 is 17.5 Å². The van der Waals surface area contributed by atoms with E-state index in [1.807, 2.05) is 35.2 Å². The fourth-order valence-electron chi connectivity index (χ4n) is 3.03. The van der Waals surface area contributed by atoms with E-state index < -0.39 is 5.38 Å². The molecule has 1 aromatic heterocycles. The Balaban J connectivity index is 1.83. The lowest BCUT2D eigenvalue weighted by Crippen LogP contribution is -2.42. The summed E-state index contributed by atoms with van der Waals surface area (Å²) >= 11 is 6.39. The van der Waals surface area contributed by atoms with Crippen molar-refractivity contribution < 1.29 is 4.79 Å². The Morgan fingerprint density at radius 1 is 1.19 bits per heavy atom. The van der Waals surface area contributed by atoms with Gasteiger partial charge >= 0.3 is 0 Å². The molecule has 1 aliphatic heterocycles. The molecule has 2 aromatic rings. The van der Waals surface area contributed by atoms with Gasteiger partial charge in [0.05, 0.1) is 6.04 Å². The predicted molar refractivity (Wildman–Crippen MR) is 84.3 cm³/mol. The molecule has 4 heteroatoms. The topological polar surface area (TPSA) is 25.2 Å². The average molecular weight is 303 g/mol. The number of benzene rings is 1. The van der Waals surface area contributed by atoms with Gasteiger partial charge in [0.25, 0.3) is 0 Å². The lowest BCUT2D eigenvalue weighted by molar-refractivity contribution is -0.134. The van der Waals surface area contributed by atoms with E-state index in [-0.39, 0.29) is 11.9 Å². The zero-order valence-corrected chi connectivity index (χ0v) is 13.0. The minimum atomic E-state index is -0.615. The first-order valence-electron chi connectivity index (χ1n) is 7.25. The van der Waals surface area contributed by atoms with Gasteiger partial charge in [-0.1, -0.05) is 30.3 Å². The first-order chi connectivity index (χ1) is 10.1. The van der Waals surface area contributed by atoms with Crippen LogP contribution in [-0.4, -0.2) is 21.9 Å². The molecule has 0 saturated carbocycles. The summed E-state index contributed by atoms with van der Waals surface area (Å²) in [6.45, 7) is 5.71. The second-order valence-corrected chi connectivity index (χ2v) is 5.97. The Morgan fingerprint density at radius 2 is 1.90 bits per heavy atom. The highest BCUT2D eigenvalue weighted by molar-refractivity contribution is 6.30. The van der Waals surface area contributed by atoms with Crippen molar-refractivity contribution in [1.29, 1.82) is 0 Å². The summed E-state index contributed by atoms with van der Waals surface area (Å²) < 4.78 is 2.28. The molecule has 0 bridgehead atoms. The van der Waals surface area contributed by atoms with Gasteiger partial charge in [0.1, 0.15) is 5.38 Å². The minimum absolute atomic E-state index is 0.0135. The van der Waals surface area contributed by atoms with E-state index in [0.29, 0.717) is 6.54 Å². The van der Waals surface area contributed by atoms with E-state index in [9.17, 15) is 4.79 Å². The predicted octanol–water partition coefficient (Wildman–Crippen LogP) is 3.68. The molecule has 0 spiro atoms. The van der Waals surface area contributed by atoms with Crippen molar-refractivity contribution in [3.05, 3.63) is 59.4 Å². The smallest absolute Gasteiger partial charge is 0.245 e. The Labute approximate surface area is 130 Å². The second kappa shape index (κ2) is 5.57. The quantitative estimate of drug-likeness (QED) is 0.777. The van der Waals surface area contributed by atoms with Gasteiger partial charge in [-0.2, -0.15) is 0 Å². The Morgan fingerprint density at radius 3 is 2.62 bits per heavy atom. The number of carbonyl (C=O) groups excluding carboxylic acids is 1. The van der Waals surface area contributed by atoms with Crippen molar-refractivity contribution in [1.82, 2.24) is 9.47 Å². The third-order valence-corrected chi connectivity index (χ3v) is 4.72. The van der Waals surface area contributed by atoms with Crippen LogP contribution in [0, 0.1) is 6.92 Å². The number of hydrogen-bond acceptors (Lipinski definition) is 1. The summed E-state index contributed by atoms with van der Waals surface area (Å²) in [5, 5.41) is -0.615. The van der Waals surface area contributed by atoms with Crippen LogP contribution in [0.4, 0.5) is 0 Å². The number of fused-ring (bicyclic) bond motifs is 1. The van der Waals surface area contributed by atoms with Gasteiger partial charge in [0.2, 0.25) is 5.91 Å². The molecular formula is C17H19ClN2O. The van der Waals surface area contributed by atoms with Crippen LogP contribution >= 0.6 is 11.6 Å². The van der Waals surface area contributed by atoms with Gasteiger partial charge in [-0.3, -0.25) is 4.79 Å². The van der Waals surface area contributed by atoms with Crippen molar-refractivity contribution in [2.75, 3.05) is 6.54 Å². The Hall–Kier alpha value is -1.74. The van der Waals surface area contributed by atoms with E-state index in [0.717, 1.165) is 12.1 Å². The number of aromatic nitrogens is 1. The maximum atomic E-state index is 12.7. The van der Waals surface area contributed by atoms with E-state index in [1.54, 1.807) is 0 Å². The Bertz CT molecular complexity index is 650. The summed E-state index contributed by atoms with van der Waals surface area (Å²) in [6, 6.07) is 13.8. The summed E-state index contributed by atoms with van der Waals surface area (Å²) in [5.74, 6) is -0.0135. The number of carbonyl (C=O) groups is 1. The highest BCUT2D eigenvalue weighted by Crippen LogP contribution is 2.31. The molecule has 0 N–H and O–H groups in total. The first-order valence-corrected chi connectivity index (χ1v) is 7.68. The molecule has 3 rings (SSSR count). The number of halogens is 1. The van der Waals surface area contributed by atoms with Gasteiger partial charge in [-0.05, 0) is 31.5 Å². The van der Waals surface area contributed by atoms with Gasteiger partial charge in [0.15, 0.2) is 0 Å². The number of amides is 1. The van der Waals surface area contributed by atoms with E-state index in [2.05, 4.69) is 30.5 Å². The van der Waals surface area contributed by atoms with Crippen LogP contribution in [0.25, 0.3) is 0 Å². The third kappa shape index (κ3) is 2.46. The summed E-state index contributed by atoms with van der Waals surface area (Å²) in [4.78, 5) is 14.6. The molecule has 0 aliphatic carbocycles. The van der Waals surface area contributed by atoms with Crippen molar-refractivity contribution in [2.45, 2.75) is 31.8 Å². The average Bonchev–Trinajstić information content (AvgIpc) is 2.89. The van der Waals surface area contributed by atoms with Crippen LogP contribution in [0.1, 0.15) is 35.3 Å². The molecule has 0 fully saturated rings. The molecular weight excluding hydrogens is 284 g/mol. The lowest BCUT2D eigenvalue weighted by Gasteiger charge is -2.36. The fraction of sp³-hybridized carbons (Fsp3) is 0.353. The molecule has 2 atom stereocenters. The molecule has 21 heavy (non-hydrogen) atoms. The molecule has 3 nitrogen and oxygen atoms in total. The largest absolute Gasteiger partial charge is 0.345 e. The highest BCUT2D eigenvalue weighted by Gasteiger charge is 2.32. The van der Waals surface area contributed by atoms with Crippen LogP contribution < -0.4 is 0 Å². The summed E-state index contributed by atoms with van der Waals surface area (Å²) in [5.41, 5.74) is 3.28. The molecule has 1 aromatic carbocycles. The van der Waals surface area contributed by atoms with Gasteiger partial charge in [0, 0.05) is 24.5 Å². The molecule has 0 radical (unpaired) electrons. The molecule has 110 valence electrons. The van der Waals surface area contributed by atoms with Crippen molar-refractivity contribution in [2.24, 2.45) is 0 Å². The van der Waals surface area contributed by atoms with E-state index in [4.69, 9.17) is 11.6 Å². The van der Waals surface area contributed by atoms with Gasteiger partial charge in [-0.25, -0.2) is 0 Å². The maximum Gasteiger partial charge on any atom is 0.245 e. The van der Waals surface area contributed by atoms with Crippen LogP contribution in [0.5, 0.6) is 0 Å². The van der Waals surface area contributed by atoms with Gasteiger partial charge in [-0.15, -0.1) is 11.6 Å². The number of nitrogens with zero attached hydrogens (tertiary/aromatic N) is 2. The monoisotopic (exact) mass is 302 g/mol. The normalized spacial score (nSPS) is 19.2. The molecule has 2 unspecified atom stereocenters. The van der Waals surface area contributed by atoms with Crippen LogP contribution in [-0.2, 0) is 11.3 Å². The standard InChI is InChI=1S/C17H19ClN2O/c1-12-8-9-15-13(2)20(11-10-19(12)15)17(21)16(18)14-6-4-3-5-7-14/h3-9,13,16H,10-11H2,1-2H3. The zero-order chi connectivity index (χ0) is 15.0. The second-order valence-electron chi connectivity index (χ2n) is 5.53.